The van der Waals surface area contributed by atoms with Crippen molar-refractivity contribution >= 4 is 39.7 Å². The number of benzene rings is 2. The molecule has 1 heterocycles. The third kappa shape index (κ3) is 5.16. The molecule has 10 heteroatoms. The zero-order valence-electron chi connectivity index (χ0n) is 17.7. The highest BCUT2D eigenvalue weighted by atomic mass is 16.6. The summed E-state index contributed by atoms with van der Waals surface area (Å²) in [5.41, 5.74) is 11.0. The predicted molar refractivity (Wildman–Crippen MR) is 119 cm³/mol. The maximum absolute atomic E-state index is 12.3. The molecule has 0 radical (unpaired) electrons. The van der Waals surface area contributed by atoms with Crippen LogP contribution < -0.4 is 31.6 Å². The summed E-state index contributed by atoms with van der Waals surface area (Å²) in [7, 11) is 0. The van der Waals surface area contributed by atoms with E-state index >= 15 is 0 Å². The van der Waals surface area contributed by atoms with E-state index in [1.54, 1.807) is 24.3 Å². The molecule has 10 nitrogen and oxygen atoms in total. The summed E-state index contributed by atoms with van der Waals surface area (Å²) in [4.78, 5) is 36.7. The van der Waals surface area contributed by atoms with Gasteiger partial charge in [-0.25, -0.2) is 9.59 Å². The second-order valence-corrected chi connectivity index (χ2v) is 7.03. The predicted octanol–water partition coefficient (Wildman–Crippen LogP) is 2.66. The van der Waals surface area contributed by atoms with Crippen molar-refractivity contribution < 1.29 is 28.3 Å². The molecule has 2 amide bonds. The quantitative estimate of drug-likeness (QED) is 0.291. The number of ketones is 1. The van der Waals surface area contributed by atoms with Gasteiger partial charge in [-0.1, -0.05) is 24.3 Å². The molecular weight excluding hydrogens is 416 g/mol. The van der Waals surface area contributed by atoms with Crippen molar-refractivity contribution in [2.24, 2.45) is 11.5 Å². The van der Waals surface area contributed by atoms with Crippen LogP contribution in [0.2, 0.25) is 0 Å². The van der Waals surface area contributed by atoms with Crippen LogP contribution in [0.25, 0.3) is 21.7 Å². The molecule has 0 atom stereocenters. The van der Waals surface area contributed by atoms with Gasteiger partial charge >= 0.3 is 12.2 Å². The second kappa shape index (κ2) is 10.6. The van der Waals surface area contributed by atoms with Gasteiger partial charge in [-0.05, 0) is 32.0 Å². The summed E-state index contributed by atoms with van der Waals surface area (Å²) in [5.74, 6) is 0.0104. The molecule has 0 saturated heterocycles. The van der Waals surface area contributed by atoms with Crippen LogP contribution in [0.5, 0.6) is 11.5 Å². The average Bonchev–Trinajstić information content (AvgIpc) is 3.22. The number of Topliss-reactive ketones (excluding diaryl/α,β-unsaturated/α-hetero) is 1. The van der Waals surface area contributed by atoms with E-state index in [1.807, 2.05) is 0 Å². The molecule has 0 unspecified atom stereocenters. The summed E-state index contributed by atoms with van der Waals surface area (Å²) in [5, 5.41) is 6.54. The summed E-state index contributed by atoms with van der Waals surface area (Å²) in [6.45, 7) is 2.89. The lowest BCUT2D eigenvalue weighted by Crippen LogP contribution is -2.29. The number of amides is 2. The van der Waals surface area contributed by atoms with Gasteiger partial charge in [0, 0.05) is 30.8 Å². The highest BCUT2D eigenvalue weighted by Gasteiger charge is 2.24. The first-order valence-electron chi connectivity index (χ1n) is 10.3. The standard InChI is InChI=1S/C22H26N4O6/c1-13(27)17-12-16-18(31-21(28)25-10-4-8-23)14-6-2-3-7-15(14)19(20(16)30-17)32-22(29)26-11-5-9-24/h2-3,6-7,12H,4-5,8-11,23-24H2,1H3,(H,25,28)(H,26,29). The molecule has 0 aliphatic heterocycles. The Bertz CT molecular complexity index is 1060. The minimum absolute atomic E-state index is 0.0390. The first-order valence-corrected chi connectivity index (χ1v) is 10.3. The molecule has 0 aliphatic carbocycles. The molecule has 0 aliphatic rings. The minimum Gasteiger partial charge on any atom is -0.449 e. The van der Waals surface area contributed by atoms with Crippen molar-refractivity contribution in [2.75, 3.05) is 26.2 Å². The van der Waals surface area contributed by atoms with Gasteiger partial charge in [0.25, 0.3) is 0 Å². The number of hydrogen-bond donors (Lipinski definition) is 4. The highest BCUT2D eigenvalue weighted by Crippen LogP contribution is 2.44. The second-order valence-electron chi connectivity index (χ2n) is 7.03. The maximum Gasteiger partial charge on any atom is 0.412 e. The Kier molecular flexibility index (Phi) is 7.63. The maximum atomic E-state index is 12.3. The van der Waals surface area contributed by atoms with Crippen LogP contribution in [0, 0.1) is 0 Å². The van der Waals surface area contributed by atoms with Crippen molar-refractivity contribution in [3.63, 3.8) is 0 Å². The molecule has 6 N–H and O–H groups in total. The molecular formula is C22H26N4O6. The summed E-state index contributed by atoms with van der Waals surface area (Å²) in [6.07, 6.45) is -0.188. The number of rotatable bonds is 9. The zero-order chi connectivity index (χ0) is 23.1. The molecule has 1 aromatic heterocycles. The van der Waals surface area contributed by atoms with Crippen molar-refractivity contribution in [3.05, 3.63) is 36.1 Å². The number of nitrogens with one attached hydrogen (secondary N) is 2. The molecule has 3 rings (SSSR count). The Morgan fingerprint density at radius 3 is 1.94 bits per heavy atom. The van der Waals surface area contributed by atoms with Gasteiger partial charge in [0.05, 0.1) is 5.39 Å². The first kappa shape index (κ1) is 23.0. The van der Waals surface area contributed by atoms with E-state index in [-0.39, 0.29) is 28.6 Å². The van der Waals surface area contributed by atoms with E-state index in [0.717, 1.165) is 0 Å². The summed E-state index contributed by atoms with van der Waals surface area (Å²) >= 11 is 0. The Morgan fingerprint density at radius 2 is 1.41 bits per heavy atom. The highest BCUT2D eigenvalue weighted by molar-refractivity contribution is 6.12. The van der Waals surface area contributed by atoms with Gasteiger partial charge in [0.1, 0.15) is 0 Å². The van der Waals surface area contributed by atoms with Crippen LogP contribution >= 0.6 is 0 Å². The van der Waals surface area contributed by atoms with Crippen LogP contribution in [-0.4, -0.2) is 44.1 Å². The number of furan rings is 1. The van der Waals surface area contributed by atoms with Gasteiger partial charge in [-0.2, -0.15) is 0 Å². The Hall–Kier alpha value is -3.63. The molecule has 0 spiro atoms. The summed E-state index contributed by atoms with van der Waals surface area (Å²) in [6, 6.07) is 8.38. The van der Waals surface area contributed by atoms with Crippen LogP contribution in [0.4, 0.5) is 9.59 Å². The average molecular weight is 442 g/mol. The van der Waals surface area contributed by atoms with Crippen molar-refractivity contribution in [1.82, 2.24) is 10.6 Å². The summed E-state index contributed by atoms with van der Waals surface area (Å²) < 4.78 is 16.9. The zero-order valence-corrected chi connectivity index (χ0v) is 17.7. The fourth-order valence-electron chi connectivity index (χ4n) is 3.10. The van der Waals surface area contributed by atoms with Crippen molar-refractivity contribution in [3.8, 4) is 11.5 Å². The smallest absolute Gasteiger partial charge is 0.412 e. The van der Waals surface area contributed by atoms with Crippen LogP contribution in [0.3, 0.4) is 0 Å². The minimum atomic E-state index is -0.695. The monoisotopic (exact) mass is 442 g/mol. The van der Waals surface area contributed by atoms with Crippen molar-refractivity contribution in [2.45, 2.75) is 19.8 Å². The van der Waals surface area contributed by atoms with Gasteiger partial charge in [0.15, 0.2) is 28.6 Å². The normalized spacial score (nSPS) is 10.8. The third-order valence-corrected chi connectivity index (χ3v) is 4.64. The molecule has 0 fully saturated rings. The van der Waals surface area contributed by atoms with E-state index in [1.165, 1.54) is 13.0 Å². The number of ether oxygens (including phenoxy) is 2. The number of carbonyl (C=O) groups is 3. The number of fused-ring (bicyclic) bond motifs is 2. The lowest BCUT2D eigenvalue weighted by Gasteiger charge is -2.14. The Labute approximate surface area is 184 Å². The van der Waals surface area contributed by atoms with E-state index in [2.05, 4.69) is 10.6 Å². The Balaban J connectivity index is 2.10. The molecule has 2 aromatic carbocycles. The Morgan fingerprint density at radius 1 is 0.875 bits per heavy atom. The number of carbonyl (C=O) groups excluding carboxylic acids is 3. The van der Waals surface area contributed by atoms with Gasteiger partial charge < -0.3 is 36.0 Å². The number of hydrogen-bond acceptors (Lipinski definition) is 8. The van der Waals surface area contributed by atoms with E-state index in [9.17, 15) is 14.4 Å². The van der Waals surface area contributed by atoms with Gasteiger partial charge in [-0.15, -0.1) is 0 Å². The van der Waals surface area contributed by atoms with E-state index in [0.29, 0.717) is 55.2 Å². The fraction of sp³-hybridized carbons (Fsp3) is 0.318. The molecule has 3 aromatic rings. The van der Waals surface area contributed by atoms with Crippen LogP contribution in [-0.2, 0) is 0 Å². The number of nitrogens with two attached hydrogens (primary N) is 2. The topological polar surface area (TPSA) is 159 Å². The lowest BCUT2D eigenvalue weighted by molar-refractivity contribution is 0.0989. The van der Waals surface area contributed by atoms with Gasteiger partial charge in [0.2, 0.25) is 0 Å². The molecule has 0 saturated carbocycles. The van der Waals surface area contributed by atoms with E-state index in [4.69, 9.17) is 25.4 Å². The van der Waals surface area contributed by atoms with Crippen LogP contribution in [0.1, 0.15) is 30.3 Å². The molecule has 170 valence electrons. The third-order valence-electron chi connectivity index (χ3n) is 4.64. The first-order chi connectivity index (χ1) is 15.5. The van der Waals surface area contributed by atoms with Gasteiger partial charge in [-0.3, -0.25) is 4.79 Å². The van der Waals surface area contributed by atoms with E-state index < -0.39 is 12.2 Å². The molecule has 32 heavy (non-hydrogen) atoms. The largest absolute Gasteiger partial charge is 0.449 e. The molecule has 0 bridgehead atoms. The SMILES string of the molecule is CC(=O)c1cc2c(OC(=O)NCCCN)c3ccccc3c(OC(=O)NCCCN)c2o1. The fourth-order valence-corrected chi connectivity index (χ4v) is 3.10. The van der Waals surface area contributed by atoms with Crippen molar-refractivity contribution in [1.29, 1.82) is 0 Å². The van der Waals surface area contributed by atoms with Crippen LogP contribution in [0.15, 0.2) is 34.7 Å². The lowest BCUT2D eigenvalue weighted by atomic mass is 10.1.